The standard InChI is InChI=1S/C21H28N4O3/c1-13(2)17-12-16(18-14(3)23-28-19(18)22-17)21(27)25-10-6-15(7-11-25)20(26)24-8-4-5-9-24/h12-13,15H,4-11H2,1-3H3. The fourth-order valence-corrected chi connectivity index (χ4v) is 4.27. The number of piperidine rings is 1. The van der Waals surface area contributed by atoms with Crippen molar-refractivity contribution in [2.75, 3.05) is 26.2 Å². The number of pyridine rings is 1. The Morgan fingerprint density at radius 2 is 1.79 bits per heavy atom. The van der Waals surface area contributed by atoms with Crippen LogP contribution >= 0.6 is 0 Å². The Labute approximate surface area is 165 Å². The van der Waals surface area contributed by atoms with Crippen LogP contribution in [0.5, 0.6) is 0 Å². The van der Waals surface area contributed by atoms with Gasteiger partial charge in [-0.1, -0.05) is 19.0 Å². The molecule has 2 aliphatic rings. The van der Waals surface area contributed by atoms with E-state index in [2.05, 4.69) is 10.1 Å². The number of rotatable bonds is 3. The van der Waals surface area contributed by atoms with Gasteiger partial charge in [-0.05, 0) is 44.6 Å². The van der Waals surface area contributed by atoms with E-state index in [0.29, 0.717) is 35.4 Å². The monoisotopic (exact) mass is 384 g/mol. The van der Waals surface area contributed by atoms with Crippen molar-refractivity contribution in [2.24, 2.45) is 5.92 Å². The van der Waals surface area contributed by atoms with E-state index in [1.54, 1.807) is 0 Å². The van der Waals surface area contributed by atoms with Gasteiger partial charge in [0.2, 0.25) is 5.91 Å². The summed E-state index contributed by atoms with van der Waals surface area (Å²) in [6.45, 7) is 8.90. The van der Waals surface area contributed by atoms with Crippen molar-refractivity contribution in [3.05, 3.63) is 23.0 Å². The van der Waals surface area contributed by atoms with Crippen LogP contribution in [0.15, 0.2) is 10.6 Å². The normalized spacial score (nSPS) is 18.4. The van der Waals surface area contributed by atoms with Crippen molar-refractivity contribution < 1.29 is 14.1 Å². The molecule has 7 nitrogen and oxygen atoms in total. The average molecular weight is 384 g/mol. The van der Waals surface area contributed by atoms with Gasteiger partial charge in [-0.15, -0.1) is 0 Å². The van der Waals surface area contributed by atoms with Crippen LogP contribution in [-0.4, -0.2) is 57.9 Å². The van der Waals surface area contributed by atoms with Crippen LogP contribution in [0, 0.1) is 12.8 Å². The van der Waals surface area contributed by atoms with Crippen LogP contribution in [-0.2, 0) is 4.79 Å². The molecule has 0 bridgehead atoms. The SMILES string of the molecule is Cc1noc2nc(C(C)C)cc(C(=O)N3CCC(C(=O)N4CCCC4)CC3)c12. The first-order valence-electron chi connectivity index (χ1n) is 10.3. The van der Waals surface area contributed by atoms with Crippen LogP contribution < -0.4 is 0 Å². The summed E-state index contributed by atoms with van der Waals surface area (Å²) in [6.07, 6.45) is 3.68. The number of nitrogens with zero attached hydrogens (tertiary/aromatic N) is 4. The molecule has 2 saturated heterocycles. The molecule has 150 valence electrons. The van der Waals surface area contributed by atoms with Gasteiger partial charge in [0.05, 0.1) is 16.6 Å². The van der Waals surface area contributed by atoms with E-state index >= 15 is 0 Å². The minimum absolute atomic E-state index is 0.0207. The van der Waals surface area contributed by atoms with Crippen LogP contribution in [0.2, 0.25) is 0 Å². The van der Waals surface area contributed by atoms with Gasteiger partial charge in [-0.2, -0.15) is 0 Å². The number of hydrogen-bond donors (Lipinski definition) is 0. The number of aryl methyl sites for hydroxylation is 1. The summed E-state index contributed by atoms with van der Waals surface area (Å²) in [5.74, 6) is 0.480. The lowest BCUT2D eigenvalue weighted by atomic mass is 9.94. The average Bonchev–Trinajstić information content (AvgIpc) is 3.37. The topological polar surface area (TPSA) is 79.5 Å². The molecule has 0 aromatic carbocycles. The number of carbonyl (C=O) groups excluding carboxylic acids is 2. The zero-order valence-electron chi connectivity index (χ0n) is 16.9. The van der Waals surface area contributed by atoms with Crippen molar-refractivity contribution in [3.63, 3.8) is 0 Å². The number of amides is 2. The van der Waals surface area contributed by atoms with Crippen molar-refractivity contribution in [2.45, 2.75) is 52.4 Å². The van der Waals surface area contributed by atoms with Gasteiger partial charge in [0.15, 0.2) is 0 Å². The lowest BCUT2D eigenvalue weighted by molar-refractivity contribution is -0.135. The van der Waals surface area contributed by atoms with E-state index in [9.17, 15) is 9.59 Å². The van der Waals surface area contributed by atoms with Crippen LogP contribution in [0.1, 0.15) is 67.2 Å². The Hall–Kier alpha value is -2.44. The summed E-state index contributed by atoms with van der Waals surface area (Å²) >= 11 is 0. The Balaban J connectivity index is 1.52. The molecule has 2 aromatic rings. The molecule has 28 heavy (non-hydrogen) atoms. The van der Waals surface area contributed by atoms with Crippen molar-refractivity contribution in [1.29, 1.82) is 0 Å². The molecule has 0 N–H and O–H groups in total. The highest BCUT2D eigenvalue weighted by atomic mass is 16.5. The molecule has 0 aliphatic carbocycles. The summed E-state index contributed by atoms with van der Waals surface area (Å²) in [4.78, 5) is 34.3. The second-order valence-corrected chi connectivity index (χ2v) is 8.30. The number of carbonyl (C=O) groups is 2. The molecule has 4 heterocycles. The number of likely N-dealkylation sites (tertiary alicyclic amines) is 2. The van der Waals surface area contributed by atoms with E-state index in [4.69, 9.17) is 4.52 Å². The summed E-state index contributed by atoms with van der Waals surface area (Å²) in [7, 11) is 0. The largest absolute Gasteiger partial charge is 0.342 e. The van der Waals surface area contributed by atoms with Gasteiger partial charge in [0.25, 0.3) is 11.6 Å². The highest BCUT2D eigenvalue weighted by Gasteiger charge is 2.32. The molecule has 0 radical (unpaired) electrons. The maximum atomic E-state index is 13.3. The summed E-state index contributed by atoms with van der Waals surface area (Å²) in [5, 5.41) is 4.70. The summed E-state index contributed by atoms with van der Waals surface area (Å²) in [6, 6.07) is 1.88. The first kappa shape index (κ1) is 18.9. The first-order valence-corrected chi connectivity index (χ1v) is 10.3. The first-order chi connectivity index (χ1) is 13.5. The van der Waals surface area contributed by atoms with E-state index in [1.807, 2.05) is 36.6 Å². The predicted octanol–water partition coefficient (Wildman–Crippen LogP) is 3.13. The van der Waals surface area contributed by atoms with Crippen LogP contribution in [0.4, 0.5) is 0 Å². The maximum absolute atomic E-state index is 13.3. The second kappa shape index (κ2) is 7.53. The van der Waals surface area contributed by atoms with Gasteiger partial charge in [-0.25, -0.2) is 4.98 Å². The third-order valence-corrected chi connectivity index (χ3v) is 6.01. The van der Waals surface area contributed by atoms with E-state index in [0.717, 1.165) is 44.5 Å². The zero-order chi connectivity index (χ0) is 19.8. The highest BCUT2D eigenvalue weighted by Crippen LogP contribution is 2.28. The third kappa shape index (κ3) is 3.38. The smallest absolute Gasteiger partial charge is 0.259 e. The summed E-state index contributed by atoms with van der Waals surface area (Å²) in [5.41, 5.74) is 2.54. The minimum atomic E-state index is -0.0207. The highest BCUT2D eigenvalue weighted by molar-refractivity contribution is 6.06. The lowest BCUT2D eigenvalue weighted by Crippen LogP contribution is -2.43. The number of hydrogen-bond acceptors (Lipinski definition) is 5. The predicted molar refractivity (Wildman–Crippen MR) is 105 cm³/mol. The minimum Gasteiger partial charge on any atom is -0.342 e. The molecule has 2 fully saturated rings. The van der Waals surface area contributed by atoms with Crippen LogP contribution in [0.25, 0.3) is 11.1 Å². The maximum Gasteiger partial charge on any atom is 0.259 e. The van der Waals surface area contributed by atoms with Crippen molar-refractivity contribution >= 4 is 22.9 Å². The molecule has 0 atom stereocenters. The van der Waals surface area contributed by atoms with Crippen LogP contribution in [0.3, 0.4) is 0 Å². The van der Waals surface area contributed by atoms with Gasteiger partial charge in [-0.3, -0.25) is 9.59 Å². The molecule has 0 saturated carbocycles. The molecule has 2 aromatic heterocycles. The van der Waals surface area contributed by atoms with E-state index < -0.39 is 0 Å². The zero-order valence-corrected chi connectivity index (χ0v) is 16.9. The molecule has 4 rings (SSSR count). The Morgan fingerprint density at radius 1 is 1.11 bits per heavy atom. The fraction of sp³-hybridized carbons (Fsp3) is 0.619. The van der Waals surface area contributed by atoms with Gasteiger partial charge in [0, 0.05) is 37.8 Å². The van der Waals surface area contributed by atoms with Gasteiger partial charge >= 0.3 is 0 Å². The third-order valence-electron chi connectivity index (χ3n) is 6.01. The molecular weight excluding hydrogens is 356 g/mol. The molecule has 2 aliphatic heterocycles. The lowest BCUT2D eigenvalue weighted by Gasteiger charge is -2.33. The molecular formula is C21H28N4O3. The van der Waals surface area contributed by atoms with Gasteiger partial charge in [0.1, 0.15) is 0 Å². The fourth-order valence-electron chi connectivity index (χ4n) is 4.27. The number of aromatic nitrogens is 2. The van der Waals surface area contributed by atoms with E-state index in [1.165, 1.54) is 0 Å². The second-order valence-electron chi connectivity index (χ2n) is 8.30. The Kier molecular flexibility index (Phi) is 5.08. The van der Waals surface area contributed by atoms with Crippen molar-refractivity contribution in [1.82, 2.24) is 19.9 Å². The molecule has 7 heteroatoms. The molecule has 0 unspecified atom stereocenters. The van der Waals surface area contributed by atoms with E-state index in [-0.39, 0.29) is 23.7 Å². The summed E-state index contributed by atoms with van der Waals surface area (Å²) < 4.78 is 5.34. The quantitative estimate of drug-likeness (QED) is 0.812. The molecule has 2 amide bonds. The number of fused-ring (bicyclic) bond motifs is 1. The van der Waals surface area contributed by atoms with Crippen molar-refractivity contribution in [3.8, 4) is 0 Å². The Bertz CT molecular complexity index is 890. The Morgan fingerprint density at radius 3 is 2.43 bits per heavy atom. The van der Waals surface area contributed by atoms with Gasteiger partial charge < -0.3 is 14.3 Å². The molecule has 0 spiro atoms.